The van der Waals surface area contributed by atoms with Crippen LogP contribution in [0.15, 0.2) is 78.2 Å². The van der Waals surface area contributed by atoms with Crippen LogP contribution in [0.2, 0.25) is 0 Å². The van der Waals surface area contributed by atoms with Crippen molar-refractivity contribution in [2.45, 2.75) is 0 Å². The first-order valence-corrected chi connectivity index (χ1v) is 8.01. The Kier molecular flexibility index (Phi) is 4.30. The smallest absolute Gasteiger partial charge is 0.163 e. The van der Waals surface area contributed by atoms with Crippen LogP contribution in [-0.2, 0) is 0 Å². The number of hydrazone groups is 1. The van der Waals surface area contributed by atoms with Crippen LogP contribution in [0.3, 0.4) is 0 Å². The van der Waals surface area contributed by atoms with E-state index in [1.54, 1.807) is 30.7 Å². The molecule has 2 aromatic heterocycles. The molecule has 0 unspecified atom stereocenters. The summed E-state index contributed by atoms with van der Waals surface area (Å²) < 4.78 is 13.0. The third-order valence-corrected chi connectivity index (χ3v) is 3.78. The number of hydrogen-bond acceptors (Lipinski definition) is 5. The quantitative estimate of drug-likeness (QED) is 0.444. The second-order valence-electron chi connectivity index (χ2n) is 5.58. The van der Waals surface area contributed by atoms with E-state index in [2.05, 4.69) is 25.5 Å². The predicted molar refractivity (Wildman–Crippen MR) is 100 cm³/mol. The predicted octanol–water partition coefficient (Wildman–Crippen LogP) is 4.28. The van der Waals surface area contributed by atoms with Crippen LogP contribution in [0.4, 0.5) is 10.2 Å². The molecular formula is C20H14FN5. The zero-order valence-corrected chi connectivity index (χ0v) is 13.7. The molecule has 0 aliphatic rings. The molecule has 4 aromatic rings. The van der Waals surface area contributed by atoms with Gasteiger partial charge in [0.1, 0.15) is 5.82 Å². The second-order valence-corrected chi connectivity index (χ2v) is 5.58. The van der Waals surface area contributed by atoms with Crippen molar-refractivity contribution < 1.29 is 4.39 Å². The molecule has 5 nitrogen and oxygen atoms in total. The number of anilines is 1. The van der Waals surface area contributed by atoms with E-state index in [4.69, 9.17) is 0 Å². The lowest BCUT2D eigenvalue weighted by Gasteiger charge is -2.08. The van der Waals surface area contributed by atoms with E-state index in [0.29, 0.717) is 11.6 Å². The average Bonchev–Trinajstić information content (AvgIpc) is 2.70. The van der Waals surface area contributed by atoms with Crippen molar-refractivity contribution in [1.29, 1.82) is 0 Å². The molecule has 0 bridgehead atoms. The van der Waals surface area contributed by atoms with E-state index in [-0.39, 0.29) is 5.82 Å². The Labute approximate surface area is 149 Å². The molecule has 1 N–H and O–H groups in total. The zero-order valence-electron chi connectivity index (χ0n) is 13.7. The van der Waals surface area contributed by atoms with E-state index >= 15 is 0 Å². The number of fused-ring (bicyclic) bond motifs is 1. The summed E-state index contributed by atoms with van der Waals surface area (Å²) in [5.41, 5.74) is 5.38. The molecule has 0 aliphatic carbocycles. The Hall–Kier alpha value is -3.67. The molecule has 126 valence electrons. The van der Waals surface area contributed by atoms with Gasteiger partial charge in [-0.2, -0.15) is 5.10 Å². The fraction of sp³-hybridized carbons (Fsp3) is 0. The minimum atomic E-state index is -0.280. The Morgan fingerprint density at radius 1 is 0.923 bits per heavy atom. The number of aromatic nitrogens is 3. The number of rotatable bonds is 4. The van der Waals surface area contributed by atoms with E-state index in [9.17, 15) is 4.39 Å². The summed E-state index contributed by atoms with van der Waals surface area (Å²) >= 11 is 0. The Bertz CT molecular complexity index is 1060. The SMILES string of the molecule is Fc1ccc(C=NNc2nc(-c3cccnc3)nc3ccccc23)cc1. The lowest BCUT2D eigenvalue weighted by atomic mass is 10.2. The maximum atomic E-state index is 13.0. The molecule has 0 fully saturated rings. The van der Waals surface area contributed by atoms with Crippen molar-refractivity contribution in [2.75, 3.05) is 5.43 Å². The van der Waals surface area contributed by atoms with Crippen molar-refractivity contribution in [2.24, 2.45) is 5.10 Å². The number of halogens is 1. The highest BCUT2D eigenvalue weighted by Gasteiger charge is 2.08. The number of hydrogen-bond donors (Lipinski definition) is 1. The number of para-hydroxylation sites is 1. The van der Waals surface area contributed by atoms with Crippen LogP contribution in [0.5, 0.6) is 0 Å². The van der Waals surface area contributed by atoms with Crippen LogP contribution in [-0.4, -0.2) is 21.2 Å². The molecule has 0 atom stereocenters. The maximum absolute atomic E-state index is 13.0. The molecule has 0 aliphatic heterocycles. The topological polar surface area (TPSA) is 63.1 Å². The Morgan fingerprint density at radius 3 is 2.58 bits per heavy atom. The van der Waals surface area contributed by atoms with Crippen molar-refractivity contribution in [3.63, 3.8) is 0 Å². The standard InChI is InChI=1S/C20H14FN5/c21-16-9-7-14(8-10-16)12-23-26-20-17-5-1-2-6-18(17)24-19(25-20)15-4-3-11-22-13-15/h1-13H,(H,24,25,26). The summed E-state index contributed by atoms with van der Waals surface area (Å²) in [5.74, 6) is 0.877. The first kappa shape index (κ1) is 15.8. The highest BCUT2D eigenvalue weighted by Crippen LogP contribution is 2.24. The Morgan fingerprint density at radius 2 is 1.77 bits per heavy atom. The number of pyridine rings is 1. The molecule has 6 heteroatoms. The van der Waals surface area contributed by atoms with Gasteiger partial charge in [-0.1, -0.05) is 24.3 Å². The molecule has 4 rings (SSSR count). The average molecular weight is 343 g/mol. The molecule has 26 heavy (non-hydrogen) atoms. The van der Waals surface area contributed by atoms with Gasteiger partial charge in [-0.3, -0.25) is 10.4 Å². The molecule has 2 heterocycles. The largest absolute Gasteiger partial charge is 0.264 e. The molecule has 0 saturated carbocycles. The van der Waals surface area contributed by atoms with E-state index in [1.807, 2.05) is 36.4 Å². The van der Waals surface area contributed by atoms with Crippen molar-refractivity contribution in [3.8, 4) is 11.4 Å². The van der Waals surface area contributed by atoms with Gasteiger partial charge < -0.3 is 0 Å². The highest BCUT2D eigenvalue weighted by molar-refractivity contribution is 5.91. The minimum Gasteiger partial charge on any atom is -0.264 e. The van der Waals surface area contributed by atoms with Crippen molar-refractivity contribution in [1.82, 2.24) is 15.0 Å². The van der Waals surface area contributed by atoms with Gasteiger partial charge in [-0.15, -0.1) is 0 Å². The van der Waals surface area contributed by atoms with Gasteiger partial charge in [-0.25, -0.2) is 14.4 Å². The van der Waals surface area contributed by atoms with Crippen LogP contribution < -0.4 is 5.43 Å². The summed E-state index contributed by atoms with van der Waals surface area (Å²) in [5, 5.41) is 5.08. The van der Waals surface area contributed by atoms with E-state index < -0.39 is 0 Å². The van der Waals surface area contributed by atoms with Crippen LogP contribution in [0.25, 0.3) is 22.3 Å². The van der Waals surface area contributed by atoms with Gasteiger partial charge in [0.05, 0.1) is 11.7 Å². The summed E-state index contributed by atoms with van der Waals surface area (Å²) in [6.07, 6.45) is 5.03. The fourth-order valence-electron chi connectivity index (χ4n) is 2.50. The third kappa shape index (κ3) is 3.39. The molecule has 0 amide bonds. The van der Waals surface area contributed by atoms with E-state index in [1.165, 1.54) is 12.1 Å². The van der Waals surface area contributed by atoms with Crippen LogP contribution in [0.1, 0.15) is 5.56 Å². The summed E-state index contributed by atoms with van der Waals surface area (Å²) in [6.45, 7) is 0. The first-order chi connectivity index (χ1) is 12.8. The molecule has 2 aromatic carbocycles. The first-order valence-electron chi connectivity index (χ1n) is 8.01. The summed E-state index contributed by atoms with van der Waals surface area (Å²) in [6, 6.07) is 17.5. The molecule has 0 radical (unpaired) electrons. The van der Waals surface area contributed by atoms with Gasteiger partial charge in [0.15, 0.2) is 11.6 Å². The monoisotopic (exact) mass is 343 g/mol. The number of benzene rings is 2. The minimum absolute atomic E-state index is 0.280. The van der Waals surface area contributed by atoms with E-state index in [0.717, 1.165) is 22.0 Å². The zero-order chi connectivity index (χ0) is 17.8. The van der Waals surface area contributed by atoms with Gasteiger partial charge in [-0.05, 0) is 42.0 Å². The maximum Gasteiger partial charge on any atom is 0.163 e. The van der Waals surface area contributed by atoms with Crippen LogP contribution in [0, 0.1) is 5.82 Å². The van der Waals surface area contributed by atoms with Crippen molar-refractivity contribution >= 4 is 22.9 Å². The molecule has 0 spiro atoms. The van der Waals surface area contributed by atoms with Crippen LogP contribution >= 0.6 is 0 Å². The fourth-order valence-corrected chi connectivity index (χ4v) is 2.50. The number of nitrogens with zero attached hydrogens (tertiary/aromatic N) is 4. The highest BCUT2D eigenvalue weighted by atomic mass is 19.1. The molecule has 0 saturated heterocycles. The summed E-state index contributed by atoms with van der Waals surface area (Å²) in [7, 11) is 0. The lowest BCUT2D eigenvalue weighted by molar-refractivity contribution is 0.628. The second kappa shape index (κ2) is 7.06. The normalized spacial score (nSPS) is 11.1. The van der Waals surface area contributed by atoms with Gasteiger partial charge in [0, 0.05) is 23.3 Å². The van der Waals surface area contributed by atoms with Gasteiger partial charge in [0.25, 0.3) is 0 Å². The van der Waals surface area contributed by atoms with Crippen molar-refractivity contribution in [3.05, 3.63) is 84.4 Å². The van der Waals surface area contributed by atoms with Gasteiger partial charge >= 0.3 is 0 Å². The number of nitrogens with one attached hydrogen (secondary N) is 1. The lowest BCUT2D eigenvalue weighted by Crippen LogP contribution is -1.99. The van der Waals surface area contributed by atoms with Gasteiger partial charge in [0.2, 0.25) is 0 Å². The third-order valence-electron chi connectivity index (χ3n) is 3.78. The summed E-state index contributed by atoms with van der Waals surface area (Å²) in [4.78, 5) is 13.3. The Balaban J connectivity index is 1.70. The molecular weight excluding hydrogens is 329 g/mol.